The lowest BCUT2D eigenvalue weighted by molar-refractivity contribution is 0.162. The second-order valence-electron chi connectivity index (χ2n) is 3.43. The molecule has 0 unspecified atom stereocenters. The first-order valence-electron chi connectivity index (χ1n) is 4.37. The number of ether oxygens (including phenoxy) is 1. The van der Waals surface area contributed by atoms with E-state index in [1.165, 1.54) is 0 Å². The lowest BCUT2D eigenvalue weighted by atomic mass is 10.1. The summed E-state index contributed by atoms with van der Waals surface area (Å²) in [6.07, 6.45) is 7.53. The number of hydrogen-bond donors (Lipinski definition) is 0. The van der Waals surface area contributed by atoms with Crippen molar-refractivity contribution in [3.05, 3.63) is 23.7 Å². The molecule has 1 aromatic heterocycles. The van der Waals surface area contributed by atoms with Gasteiger partial charge in [-0.15, -0.1) is 6.42 Å². The van der Waals surface area contributed by atoms with Gasteiger partial charge in [0.15, 0.2) is 0 Å². The van der Waals surface area contributed by atoms with Crippen molar-refractivity contribution < 1.29 is 9.15 Å². The first kappa shape index (κ1) is 8.40. The highest BCUT2D eigenvalue weighted by Gasteiger charge is 2.45. The van der Waals surface area contributed by atoms with Gasteiger partial charge in [-0.3, -0.25) is 0 Å². The van der Waals surface area contributed by atoms with E-state index in [-0.39, 0.29) is 5.41 Å². The Kier molecular flexibility index (Phi) is 1.90. The molecule has 0 aliphatic heterocycles. The molecule has 1 aliphatic carbocycles. The van der Waals surface area contributed by atoms with Crippen molar-refractivity contribution in [2.24, 2.45) is 0 Å². The van der Waals surface area contributed by atoms with Gasteiger partial charge in [-0.2, -0.15) is 0 Å². The van der Waals surface area contributed by atoms with E-state index in [1.807, 2.05) is 12.1 Å². The van der Waals surface area contributed by atoms with Crippen LogP contribution in [0.5, 0.6) is 0 Å². The maximum atomic E-state index is 5.57. The summed E-state index contributed by atoms with van der Waals surface area (Å²) < 4.78 is 10.5. The Hall–Kier alpha value is -1.20. The largest absolute Gasteiger partial charge is 0.462 e. The van der Waals surface area contributed by atoms with Gasteiger partial charge in [0.1, 0.15) is 18.1 Å². The van der Waals surface area contributed by atoms with Gasteiger partial charge >= 0.3 is 0 Å². The van der Waals surface area contributed by atoms with Crippen LogP contribution in [0.2, 0.25) is 0 Å². The molecule has 2 heteroatoms. The lowest BCUT2D eigenvalue weighted by Gasteiger charge is -2.01. The standard InChI is InChI=1S/C11H12O2/c1-3-11(6-7-11)10-5-4-9(13-10)8-12-2/h1,4-5H,6-8H2,2H3. The van der Waals surface area contributed by atoms with Crippen LogP contribution in [0.1, 0.15) is 24.4 Å². The van der Waals surface area contributed by atoms with Gasteiger partial charge in [-0.1, -0.05) is 5.92 Å². The summed E-state index contributed by atoms with van der Waals surface area (Å²) in [6, 6.07) is 3.89. The van der Waals surface area contributed by atoms with Gasteiger partial charge < -0.3 is 9.15 Å². The maximum Gasteiger partial charge on any atom is 0.129 e. The van der Waals surface area contributed by atoms with E-state index in [0.717, 1.165) is 24.4 Å². The second-order valence-corrected chi connectivity index (χ2v) is 3.43. The zero-order valence-electron chi connectivity index (χ0n) is 7.67. The predicted octanol–water partition coefficient (Wildman–Crippen LogP) is 2.09. The summed E-state index contributed by atoms with van der Waals surface area (Å²) >= 11 is 0. The number of terminal acetylenes is 1. The minimum atomic E-state index is -0.0913. The number of hydrogen-bond acceptors (Lipinski definition) is 2. The Morgan fingerprint density at radius 3 is 2.92 bits per heavy atom. The molecule has 13 heavy (non-hydrogen) atoms. The van der Waals surface area contributed by atoms with Crippen molar-refractivity contribution in [1.29, 1.82) is 0 Å². The van der Waals surface area contributed by atoms with E-state index < -0.39 is 0 Å². The Balaban J connectivity index is 2.19. The van der Waals surface area contributed by atoms with E-state index >= 15 is 0 Å². The van der Waals surface area contributed by atoms with Crippen LogP contribution in [0.25, 0.3) is 0 Å². The van der Waals surface area contributed by atoms with Gasteiger partial charge in [0.2, 0.25) is 0 Å². The van der Waals surface area contributed by atoms with Gasteiger partial charge in [0.05, 0.1) is 5.41 Å². The predicted molar refractivity (Wildman–Crippen MR) is 49.2 cm³/mol. The van der Waals surface area contributed by atoms with Crippen LogP contribution in [0, 0.1) is 12.3 Å². The van der Waals surface area contributed by atoms with Crippen LogP contribution >= 0.6 is 0 Å². The molecule has 0 aromatic carbocycles. The Morgan fingerprint density at radius 2 is 2.38 bits per heavy atom. The summed E-state index contributed by atoms with van der Waals surface area (Å²) in [5.74, 6) is 4.55. The molecular weight excluding hydrogens is 164 g/mol. The summed E-state index contributed by atoms with van der Waals surface area (Å²) in [6.45, 7) is 0.515. The maximum absolute atomic E-state index is 5.57. The Morgan fingerprint density at radius 1 is 1.62 bits per heavy atom. The fourth-order valence-electron chi connectivity index (χ4n) is 1.44. The van der Waals surface area contributed by atoms with Crippen molar-refractivity contribution in [1.82, 2.24) is 0 Å². The van der Waals surface area contributed by atoms with Crippen LogP contribution in [-0.4, -0.2) is 7.11 Å². The number of methoxy groups -OCH3 is 1. The normalized spacial score (nSPS) is 18.2. The van der Waals surface area contributed by atoms with Crippen LogP contribution in [-0.2, 0) is 16.8 Å². The van der Waals surface area contributed by atoms with E-state index in [4.69, 9.17) is 15.6 Å². The highest BCUT2D eigenvalue weighted by Crippen LogP contribution is 2.47. The van der Waals surface area contributed by atoms with Gasteiger partial charge in [-0.05, 0) is 25.0 Å². The van der Waals surface area contributed by atoms with Crippen molar-refractivity contribution >= 4 is 0 Å². The molecule has 0 amide bonds. The lowest BCUT2D eigenvalue weighted by Crippen LogP contribution is -1.99. The second kappa shape index (κ2) is 2.93. The quantitative estimate of drug-likeness (QED) is 0.658. The molecule has 1 fully saturated rings. The van der Waals surface area contributed by atoms with E-state index in [9.17, 15) is 0 Å². The molecule has 2 rings (SSSR count). The first-order valence-corrected chi connectivity index (χ1v) is 4.37. The van der Waals surface area contributed by atoms with Crippen LogP contribution in [0.3, 0.4) is 0 Å². The zero-order valence-corrected chi connectivity index (χ0v) is 7.67. The molecule has 1 heterocycles. The minimum absolute atomic E-state index is 0.0913. The average molecular weight is 176 g/mol. The number of furan rings is 1. The molecule has 0 radical (unpaired) electrons. The molecule has 0 N–H and O–H groups in total. The van der Waals surface area contributed by atoms with Crippen LogP contribution < -0.4 is 0 Å². The fraction of sp³-hybridized carbons (Fsp3) is 0.455. The van der Waals surface area contributed by atoms with E-state index in [1.54, 1.807) is 7.11 Å². The topological polar surface area (TPSA) is 22.4 Å². The van der Waals surface area contributed by atoms with Crippen molar-refractivity contribution in [3.8, 4) is 12.3 Å². The smallest absolute Gasteiger partial charge is 0.129 e. The molecule has 0 bridgehead atoms. The molecule has 2 nitrogen and oxygen atoms in total. The minimum Gasteiger partial charge on any atom is -0.462 e. The third kappa shape index (κ3) is 1.36. The van der Waals surface area contributed by atoms with Crippen molar-refractivity contribution in [3.63, 3.8) is 0 Å². The summed E-state index contributed by atoms with van der Waals surface area (Å²) in [5, 5.41) is 0. The third-order valence-corrected chi connectivity index (χ3v) is 2.45. The molecule has 1 aromatic rings. The molecule has 68 valence electrons. The molecular formula is C11H12O2. The monoisotopic (exact) mass is 176 g/mol. The highest BCUT2D eigenvalue weighted by molar-refractivity contribution is 5.35. The molecule has 1 saturated carbocycles. The zero-order chi connectivity index (χ0) is 9.31. The van der Waals surface area contributed by atoms with E-state index in [0.29, 0.717) is 6.61 Å². The van der Waals surface area contributed by atoms with Crippen molar-refractivity contribution in [2.45, 2.75) is 24.9 Å². The molecule has 1 aliphatic rings. The Bertz CT molecular complexity index is 339. The summed E-state index contributed by atoms with van der Waals surface area (Å²) in [7, 11) is 1.65. The SMILES string of the molecule is C#CC1(c2ccc(COC)o2)CC1. The van der Waals surface area contributed by atoms with Crippen LogP contribution in [0.4, 0.5) is 0 Å². The van der Waals surface area contributed by atoms with Crippen LogP contribution in [0.15, 0.2) is 16.5 Å². The molecule has 0 atom stereocenters. The van der Waals surface area contributed by atoms with Gasteiger partial charge in [0, 0.05) is 7.11 Å². The van der Waals surface area contributed by atoms with Crippen molar-refractivity contribution in [2.75, 3.05) is 7.11 Å². The first-order chi connectivity index (χ1) is 6.30. The third-order valence-electron chi connectivity index (χ3n) is 2.45. The van der Waals surface area contributed by atoms with E-state index in [2.05, 4.69) is 5.92 Å². The summed E-state index contributed by atoms with van der Waals surface area (Å²) in [5.41, 5.74) is -0.0913. The fourth-order valence-corrected chi connectivity index (χ4v) is 1.44. The van der Waals surface area contributed by atoms with Gasteiger partial charge in [0.25, 0.3) is 0 Å². The molecule has 0 spiro atoms. The van der Waals surface area contributed by atoms with Gasteiger partial charge in [-0.25, -0.2) is 0 Å². The Labute approximate surface area is 77.9 Å². The number of rotatable bonds is 3. The average Bonchev–Trinajstić information content (AvgIpc) is 2.82. The highest BCUT2D eigenvalue weighted by atomic mass is 16.5. The summed E-state index contributed by atoms with van der Waals surface area (Å²) in [4.78, 5) is 0. The molecule has 0 saturated heterocycles.